The molecule has 2 N–H and O–H groups in total. The van der Waals surface area contributed by atoms with Crippen LogP contribution in [0.2, 0.25) is 0 Å². The molecule has 112 valence electrons. The van der Waals surface area contributed by atoms with Crippen LogP contribution in [-0.4, -0.2) is 28.1 Å². The van der Waals surface area contributed by atoms with E-state index in [0.717, 1.165) is 11.4 Å². The molecular weight excluding hydrogens is 266 g/mol. The molecule has 1 heterocycles. The van der Waals surface area contributed by atoms with Gasteiger partial charge in [-0.05, 0) is 18.1 Å². The fraction of sp³-hybridized carbons (Fsp3) is 0.438. The van der Waals surface area contributed by atoms with Crippen LogP contribution in [0, 0.1) is 0 Å². The lowest BCUT2D eigenvalue weighted by molar-refractivity contribution is 0.135. The van der Waals surface area contributed by atoms with E-state index in [4.69, 9.17) is 4.74 Å². The molecule has 1 aromatic heterocycles. The zero-order valence-corrected chi connectivity index (χ0v) is 12.6. The number of aliphatic hydroxyl groups is 1. The molecule has 5 heteroatoms. The lowest BCUT2D eigenvalue weighted by atomic mass is 10.1. The van der Waals surface area contributed by atoms with Gasteiger partial charge >= 0.3 is 0 Å². The lowest BCUT2D eigenvalue weighted by Gasteiger charge is -2.22. The van der Waals surface area contributed by atoms with Crippen molar-refractivity contribution in [2.24, 2.45) is 7.05 Å². The molecule has 1 aliphatic carbocycles. The predicted octanol–water partition coefficient (Wildman–Crippen LogP) is 1.74. The molecule has 0 aliphatic heterocycles. The molecule has 0 spiro atoms. The molecule has 5 nitrogen and oxygen atoms in total. The van der Waals surface area contributed by atoms with Gasteiger partial charge in [0.2, 0.25) is 0 Å². The maximum Gasteiger partial charge on any atom is 0.161 e. The number of nitrogens with zero attached hydrogens (tertiary/aromatic N) is 2. The summed E-state index contributed by atoms with van der Waals surface area (Å²) in [5, 5.41) is 18.3. The second kappa shape index (κ2) is 5.50. The molecule has 3 rings (SSSR count). The maximum absolute atomic E-state index is 10.3. The van der Waals surface area contributed by atoms with Crippen LogP contribution in [0.25, 0.3) is 0 Å². The van der Waals surface area contributed by atoms with Crippen molar-refractivity contribution < 1.29 is 9.84 Å². The minimum Gasteiger partial charge on any atom is -0.493 e. The first-order valence-electron chi connectivity index (χ1n) is 7.19. The summed E-state index contributed by atoms with van der Waals surface area (Å²) in [6.45, 7) is 2.04. The van der Waals surface area contributed by atoms with Crippen molar-refractivity contribution in [2.45, 2.75) is 31.5 Å². The molecule has 2 aromatic rings. The molecule has 3 unspecified atom stereocenters. The van der Waals surface area contributed by atoms with Gasteiger partial charge in [-0.2, -0.15) is 5.10 Å². The van der Waals surface area contributed by atoms with E-state index < -0.39 is 6.10 Å². The van der Waals surface area contributed by atoms with Crippen molar-refractivity contribution in [3.05, 3.63) is 47.3 Å². The number of hydrogen-bond acceptors (Lipinski definition) is 4. The van der Waals surface area contributed by atoms with E-state index in [2.05, 4.69) is 22.5 Å². The van der Waals surface area contributed by atoms with Gasteiger partial charge in [-0.25, -0.2) is 0 Å². The molecule has 1 aliphatic rings. The molecular formula is C16H21N3O2. The third-order valence-corrected chi connectivity index (χ3v) is 4.09. The molecule has 1 aromatic carbocycles. The number of aryl methyl sites for hydroxylation is 1. The summed E-state index contributed by atoms with van der Waals surface area (Å²) in [5.74, 6) is 0.762. The van der Waals surface area contributed by atoms with E-state index in [1.165, 1.54) is 11.1 Å². The highest BCUT2D eigenvalue weighted by atomic mass is 16.5. The Morgan fingerprint density at radius 3 is 2.95 bits per heavy atom. The summed E-state index contributed by atoms with van der Waals surface area (Å²) < 4.78 is 7.10. The minimum absolute atomic E-state index is 0.00745. The quantitative estimate of drug-likeness (QED) is 0.899. The molecule has 0 amide bonds. The molecule has 0 saturated heterocycles. The first-order chi connectivity index (χ1) is 10.1. The summed E-state index contributed by atoms with van der Waals surface area (Å²) in [6.07, 6.45) is 2.14. The fourth-order valence-electron chi connectivity index (χ4n) is 3.06. The van der Waals surface area contributed by atoms with Crippen LogP contribution >= 0.6 is 0 Å². The number of rotatable bonds is 4. The second-order valence-electron chi connectivity index (χ2n) is 5.59. The largest absolute Gasteiger partial charge is 0.493 e. The Labute approximate surface area is 124 Å². The summed E-state index contributed by atoms with van der Waals surface area (Å²) >= 11 is 0. The standard InChI is InChI=1S/C16H21N3O2/c1-10(15-14(21-3)9-19(2)18-15)17-16-12-7-5-4-6-11(12)8-13(16)20/h4-7,9-10,13,16-17,20H,8H2,1-3H3. The molecule has 3 atom stereocenters. The average Bonchev–Trinajstić information content (AvgIpc) is 3.00. The summed E-state index contributed by atoms with van der Waals surface area (Å²) in [4.78, 5) is 0. The molecule has 0 saturated carbocycles. The van der Waals surface area contributed by atoms with E-state index in [1.54, 1.807) is 11.8 Å². The Balaban J connectivity index is 1.83. The van der Waals surface area contributed by atoms with Gasteiger partial charge in [-0.15, -0.1) is 0 Å². The van der Waals surface area contributed by atoms with Gasteiger partial charge in [0, 0.05) is 13.5 Å². The van der Waals surface area contributed by atoms with E-state index in [1.807, 2.05) is 32.3 Å². The Hall–Kier alpha value is -1.85. The Morgan fingerprint density at radius 2 is 2.19 bits per heavy atom. The Kier molecular flexibility index (Phi) is 3.69. The highest BCUT2D eigenvalue weighted by molar-refractivity contribution is 5.37. The maximum atomic E-state index is 10.3. The highest BCUT2D eigenvalue weighted by Crippen LogP contribution is 2.34. The first kappa shape index (κ1) is 14.1. The number of hydrogen-bond donors (Lipinski definition) is 2. The van der Waals surface area contributed by atoms with Crippen molar-refractivity contribution in [3.63, 3.8) is 0 Å². The van der Waals surface area contributed by atoms with Crippen molar-refractivity contribution >= 4 is 0 Å². The zero-order valence-electron chi connectivity index (χ0n) is 12.6. The monoisotopic (exact) mass is 287 g/mol. The number of aromatic nitrogens is 2. The van der Waals surface area contributed by atoms with E-state index >= 15 is 0 Å². The molecule has 0 fully saturated rings. The van der Waals surface area contributed by atoms with Crippen LogP contribution in [0.15, 0.2) is 30.5 Å². The van der Waals surface area contributed by atoms with Crippen molar-refractivity contribution in [1.29, 1.82) is 0 Å². The lowest BCUT2D eigenvalue weighted by Crippen LogP contribution is -2.31. The third-order valence-electron chi connectivity index (χ3n) is 4.09. The number of fused-ring (bicyclic) bond motifs is 1. The van der Waals surface area contributed by atoms with Gasteiger partial charge in [-0.1, -0.05) is 24.3 Å². The summed E-state index contributed by atoms with van der Waals surface area (Å²) in [7, 11) is 3.52. The fourth-order valence-corrected chi connectivity index (χ4v) is 3.06. The van der Waals surface area contributed by atoms with Crippen LogP contribution in [0.1, 0.15) is 35.8 Å². The van der Waals surface area contributed by atoms with Gasteiger partial charge in [0.1, 0.15) is 5.69 Å². The zero-order chi connectivity index (χ0) is 15.0. The molecule has 0 radical (unpaired) electrons. The van der Waals surface area contributed by atoms with Gasteiger partial charge in [-0.3, -0.25) is 10.00 Å². The molecule has 21 heavy (non-hydrogen) atoms. The van der Waals surface area contributed by atoms with Crippen LogP contribution in [0.3, 0.4) is 0 Å². The van der Waals surface area contributed by atoms with E-state index in [9.17, 15) is 5.11 Å². The predicted molar refractivity (Wildman–Crippen MR) is 80.2 cm³/mol. The highest BCUT2D eigenvalue weighted by Gasteiger charge is 2.32. The smallest absolute Gasteiger partial charge is 0.161 e. The number of methoxy groups -OCH3 is 1. The van der Waals surface area contributed by atoms with Crippen LogP contribution in [0.5, 0.6) is 5.75 Å². The minimum atomic E-state index is -0.403. The van der Waals surface area contributed by atoms with Crippen molar-refractivity contribution in [3.8, 4) is 5.75 Å². The van der Waals surface area contributed by atoms with E-state index in [0.29, 0.717) is 6.42 Å². The number of aliphatic hydroxyl groups excluding tert-OH is 1. The average molecular weight is 287 g/mol. The van der Waals surface area contributed by atoms with Gasteiger partial charge in [0.05, 0.1) is 31.5 Å². The number of benzene rings is 1. The normalized spacial score (nSPS) is 22.1. The third kappa shape index (κ3) is 2.54. The van der Waals surface area contributed by atoms with Crippen LogP contribution in [-0.2, 0) is 13.5 Å². The van der Waals surface area contributed by atoms with Crippen molar-refractivity contribution in [2.75, 3.05) is 7.11 Å². The Morgan fingerprint density at radius 1 is 1.43 bits per heavy atom. The molecule has 0 bridgehead atoms. The van der Waals surface area contributed by atoms with Crippen molar-refractivity contribution in [1.82, 2.24) is 15.1 Å². The first-order valence-corrected chi connectivity index (χ1v) is 7.19. The van der Waals surface area contributed by atoms with Crippen LogP contribution < -0.4 is 10.1 Å². The number of ether oxygens (including phenoxy) is 1. The van der Waals surface area contributed by atoms with Gasteiger partial charge in [0.15, 0.2) is 5.75 Å². The van der Waals surface area contributed by atoms with Crippen LogP contribution in [0.4, 0.5) is 0 Å². The summed E-state index contributed by atoms with van der Waals surface area (Å²) in [6, 6.07) is 8.10. The van der Waals surface area contributed by atoms with Gasteiger partial charge in [0.25, 0.3) is 0 Å². The van der Waals surface area contributed by atoms with Gasteiger partial charge < -0.3 is 9.84 Å². The second-order valence-corrected chi connectivity index (χ2v) is 5.59. The SMILES string of the molecule is COc1cn(C)nc1C(C)NC1c2ccccc2CC1O. The Bertz CT molecular complexity index is 638. The van der Waals surface area contributed by atoms with E-state index in [-0.39, 0.29) is 12.1 Å². The topological polar surface area (TPSA) is 59.3 Å². The number of nitrogens with one attached hydrogen (secondary N) is 1. The summed E-state index contributed by atoms with van der Waals surface area (Å²) in [5.41, 5.74) is 3.24.